The summed E-state index contributed by atoms with van der Waals surface area (Å²) in [6.07, 6.45) is 0.866. The molecular weight excluding hydrogens is 232 g/mol. The van der Waals surface area contributed by atoms with Crippen LogP contribution in [0, 0.1) is 5.92 Å². The second-order valence-corrected chi connectivity index (χ2v) is 4.79. The van der Waals surface area contributed by atoms with Crippen LogP contribution in [0.4, 0.5) is 0 Å². The molecule has 1 aliphatic rings. The molecule has 1 saturated heterocycles. The summed E-state index contributed by atoms with van der Waals surface area (Å²) in [5.41, 5.74) is 0. The molecule has 1 fully saturated rings. The van der Waals surface area contributed by atoms with E-state index in [-0.39, 0.29) is 23.8 Å². The molecule has 2 amide bonds. The minimum Gasteiger partial charge on any atom is -0.380 e. The minimum absolute atomic E-state index is 0.0143. The fraction of sp³-hybridized carbons (Fsp3) is 0.846. The molecule has 0 bridgehead atoms. The maximum Gasteiger partial charge on any atom is 0.245 e. The highest BCUT2D eigenvalue weighted by molar-refractivity contribution is 5.96. The quantitative estimate of drug-likeness (QED) is 0.715. The molecule has 0 aliphatic carbocycles. The first-order valence-electron chi connectivity index (χ1n) is 6.71. The average molecular weight is 256 g/mol. The molecule has 0 aromatic carbocycles. The van der Waals surface area contributed by atoms with Crippen LogP contribution in [0.2, 0.25) is 0 Å². The third-order valence-electron chi connectivity index (χ3n) is 3.48. The molecule has 3 atom stereocenters. The molecule has 0 aromatic heterocycles. The predicted octanol–water partition coefficient (Wildman–Crippen LogP) is 0.784. The van der Waals surface area contributed by atoms with Crippen LogP contribution in [0.1, 0.15) is 34.1 Å². The van der Waals surface area contributed by atoms with Gasteiger partial charge in [0, 0.05) is 13.2 Å². The van der Waals surface area contributed by atoms with E-state index < -0.39 is 6.04 Å². The second kappa shape index (κ2) is 6.73. The molecule has 1 heterocycles. The standard InChI is InChI=1S/C13H24N2O3/c1-5-9(3)11-12(16)14-10(4)13(17)15(11)7-8-18-6-2/h9-11H,5-8H2,1-4H3,(H,14,16). The number of carbonyl (C=O) groups excluding carboxylic acids is 2. The first kappa shape index (κ1) is 15.0. The summed E-state index contributed by atoms with van der Waals surface area (Å²) >= 11 is 0. The topological polar surface area (TPSA) is 58.6 Å². The average Bonchev–Trinajstić information content (AvgIpc) is 2.34. The van der Waals surface area contributed by atoms with Crippen LogP contribution in [-0.2, 0) is 14.3 Å². The van der Waals surface area contributed by atoms with Crippen LogP contribution in [0.3, 0.4) is 0 Å². The van der Waals surface area contributed by atoms with E-state index in [1.807, 2.05) is 20.8 Å². The highest BCUT2D eigenvalue weighted by atomic mass is 16.5. The molecule has 1 N–H and O–H groups in total. The Bertz CT molecular complexity index is 307. The van der Waals surface area contributed by atoms with Crippen molar-refractivity contribution in [3.8, 4) is 0 Å². The maximum atomic E-state index is 12.2. The van der Waals surface area contributed by atoms with Crippen molar-refractivity contribution in [3.63, 3.8) is 0 Å². The summed E-state index contributed by atoms with van der Waals surface area (Å²) in [6, 6.07) is -0.793. The van der Waals surface area contributed by atoms with Crippen LogP contribution in [0.15, 0.2) is 0 Å². The van der Waals surface area contributed by atoms with Gasteiger partial charge in [-0.05, 0) is 19.8 Å². The van der Waals surface area contributed by atoms with E-state index in [2.05, 4.69) is 5.32 Å². The van der Waals surface area contributed by atoms with Gasteiger partial charge in [-0.3, -0.25) is 9.59 Å². The molecule has 5 nitrogen and oxygen atoms in total. The summed E-state index contributed by atoms with van der Waals surface area (Å²) in [4.78, 5) is 25.9. The Morgan fingerprint density at radius 3 is 2.61 bits per heavy atom. The first-order chi connectivity index (χ1) is 8.52. The lowest BCUT2D eigenvalue weighted by Crippen LogP contribution is -2.64. The normalized spacial score (nSPS) is 26.1. The second-order valence-electron chi connectivity index (χ2n) is 4.79. The highest BCUT2D eigenvalue weighted by Gasteiger charge is 2.40. The smallest absolute Gasteiger partial charge is 0.245 e. The van der Waals surface area contributed by atoms with Gasteiger partial charge in [0.15, 0.2) is 0 Å². The van der Waals surface area contributed by atoms with E-state index in [4.69, 9.17) is 4.74 Å². The molecule has 18 heavy (non-hydrogen) atoms. The maximum absolute atomic E-state index is 12.2. The van der Waals surface area contributed by atoms with Crippen molar-refractivity contribution in [2.75, 3.05) is 19.8 Å². The van der Waals surface area contributed by atoms with Crippen LogP contribution in [0.25, 0.3) is 0 Å². The van der Waals surface area contributed by atoms with Crippen molar-refractivity contribution in [1.82, 2.24) is 10.2 Å². The van der Waals surface area contributed by atoms with Gasteiger partial charge in [-0.15, -0.1) is 0 Å². The molecule has 0 spiro atoms. The van der Waals surface area contributed by atoms with E-state index in [0.29, 0.717) is 19.8 Å². The van der Waals surface area contributed by atoms with Crippen LogP contribution in [-0.4, -0.2) is 48.6 Å². The Kier molecular flexibility index (Phi) is 5.59. The minimum atomic E-state index is -0.431. The fourth-order valence-corrected chi connectivity index (χ4v) is 2.23. The van der Waals surface area contributed by atoms with Crippen LogP contribution < -0.4 is 5.32 Å². The summed E-state index contributed by atoms with van der Waals surface area (Å²) in [5.74, 6) is 0.0932. The molecule has 0 radical (unpaired) electrons. The number of hydrogen-bond donors (Lipinski definition) is 1. The van der Waals surface area contributed by atoms with Gasteiger partial charge < -0.3 is 15.0 Å². The van der Waals surface area contributed by atoms with Gasteiger partial charge in [-0.2, -0.15) is 0 Å². The molecular formula is C13H24N2O3. The van der Waals surface area contributed by atoms with Gasteiger partial charge in [-0.25, -0.2) is 0 Å². The summed E-state index contributed by atoms with van der Waals surface area (Å²) in [6.45, 7) is 9.26. The SMILES string of the molecule is CCOCCN1C(=O)C(C)NC(=O)C1C(C)CC. The number of piperazine rings is 1. The number of amides is 2. The summed E-state index contributed by atoms with van der Waals surface area (Å²) < 4.78 is 5.29. The largest absolute Gasteiger partial charge is 0.380 e. The summed E-state index contributed by atoms with van der Waals surface area (Å²) in [5, 5.41) is 2.74. The Hall–Kier alpha value is -1.10. The number of rotatable bonds is 6. The van der Waals surface area contributed by atoms with Crippen molar-refractivity contribution in [1.29, 1.82) is 0 Å². The third kappa shape index (κ3) is 3.22. The van der Waals surface area contributed by atoms with Gasteiger partial charge in [0.05, 0.1) is 6.61 Å². The van der Waals surface area contributed by atoms with Gasteiger partial charge >= 0.3 is 0 Å². The zero-order valence-corrected chi connectivity index (χ0v) is 11.7. The Labute approximate surface area is 109 Å². The number of nitrogens with zero attached hydrogens (tertiary/aromatic N) is 1. The molecule has 1 aliphatic heterocycles. The van der Waals surface area contributed by atoms with Crippen molar-refractivity contribution in [2.24, 2.45) is 5.92 Å². The zero-order chi connectivity index (χ0) is 13.7. The van der Waals surface area contributed by atoms with E-state index in [0.717, 1.165) is 6.42 Å². The van der Waals surface area contributed by atoms with Crippen LogP contribution in [0.5, 0.6) is 0 Å². The third-order valence-corrected chi connectivity index (χ3v) is 3.48. The van der Waals surface area contributed by atoms with E-state index >= 15 is 0 Å². The first-order valence-corrected chi connectivity index (χ1v) is 6.71. The van der Waals surface area contributed by atoms with Crippen LogP contribution >= 0.6 is 0 Å². The fourth-order valence-electron chi connectivity index (χ4n) is 2.23. The lowest BCUT2D eigenvalue weighted by atomic mass is 9.93. The summed E-state index contributed by atoms with van der Waals surface area (Å²) in [7, 11) is 0. The number of carbonyl (C=O) groups is 2. The number of nitrogens with one attached hydrogen (secondary N) is 1. The van der Waals surface area contributed by atoms with E-state index in [1.54, 1.807) is 11.8 Å². The molecule has 1 rings (SSSR count). The Balaban J connectivity index is 2.80. The van der Waals surface area contributed by atoms with Crippen molar-refractivity contribution >= 4 is 11.8 Å². The highest BCUT2D eigenvalue weighted by Crippen LogP contribution is 2.19. The molecule has 0 aromatic rings. The predicted molar refractivity (Wildman–Crippen MR) is 69.1 cm³/mol. The molecule has 104 valence electrons. The van der Waals surface area contributed by atoms with Crippen molar-refractivity contribution in [3.05, 3.63) is 0 Å². The molecule has 0 saturated carbocycles. The molecule has 5 heteroatoms. The van der Waals surface area contributed by atoms with Gasteiger partial charge in [0.1, 0.15) is 12.1 Å². The lowest BCUT2D eigenvalue weighted by molar-refractivity contribution is -0.151. The lowest BCUT2D eigenvalue weighted by Gasteiger charge is -2.40. The van der Waals surface area contributed by atoms with Gasteiger partial charge in [0.25, 0.3) is 0 Å². The number of ether oxygens (including phenoxy) is 1. The monoisotopic (exact) mass is 256 g/mol. The van der Waals surface area contributed by atoms with E-state index in [9.17, 15) is 9.59 Å². The zero-order valence-electron chi connectivity index (χ0n) is 11.7. The van der Waals surface area contributed by atoms with Gasteiger partial charge in [0.2, 0.25) is 11.8 Å². The number of hydrogen-bond acceptors (Lipinski definition) is 3. The van der Waals surface area contributed by atoms with Crippen molar-refractivity contribution < 1.29 is 14.3 Å². The van der Waals surface area contributed by atoms with Crippen molar-refractivity contribution in [2.45, 2.75) is 46.2 Å². The Morgan fingerprint density at radius 2 is 2.06 bits per heavy atom. The molecule has 3 unspecified atom stereocenters. The van der Waals surface area contributed by atoms with Gasteiger partial charge in [-0.1, -0.05) is 20.3 Å². The Morgan fingerprint density at radius 1 is 1.39 bits per heavy atom. The van der Waals surface area contributed by atoms with E-state index in [1.165, 1.54) is 0 Å².